The molecule has 0 spiro atoms. The summed E-state index contributed by atoms with van der Waals surface area (Å²) in [6.45, 7) is 7.48. The molecule has 2 atom stereocenters. The van der Waals surface area contributed by atoms with Crippen molar-refractivity contribution in [1.82, 2.24) is 14.7 Å². The SMILES string of the molecule is COC(=O)C(c1ccccc1)N1CCN(CC(=O)O)CCN(CC(=O)O)CC[N+](CC(=O)[O-])(C(C)(C)C)CC1.[H-].[Na+]. The fraction of sp³-hybridized carbons (Fsp3) is 0.630. The van der Waals surface area contributed by atoms with Crippen molar-refractivity contribution in [3.05, 3.63) is 35.9 Å². The minimum Gasteiger partial charge on any atom is -1.00 e. The van der Waals surface area contributed by atoms with Gasteiger partial charge in [0.1, 0.15) is 12.6 Å². The molecule has 0 bridgehead atoms. The van der Waals surface area contributed by atoms with Gasteiger partial charge >= 0.3 is 47.5 Å². The van der Waals surface area contributed by atoms with Crippen molar-refractivity contribution in [1.29, 1.82) is 0 Å². The van der Waals surface area contributed by atoms with Crippen molar-refractivity contribution in [3.63, 3.8) is 0 Å². The first-order valence-corrected chi connectivity index (χ1v) is 13.1. The zero-order valence-corrected chi connectivity index (χ0v) is 26.4. The molecule has 0 saturated carbocycles. The summed E-state index contributed by atoms with van der Waals surface area (Å²) in [7, 11) is 1.31. The Bertz CT molecular complexity index is 997. The molecule has 1 saturated heterocycles. The van der Waals surface area contributed by atoms with E-state index in [0.29, 0.717) is 38.3 Å². The Morgan fingerprint density at radius 1 is 0.925 bits per heavy atom. The van der Waals surface area contributed by atoms with E-state index in [4.69, 9.17) is 4.74 Å². The van der Waals surface area contributed by atoms with Crippen LogP contribution in [0.2, 0.25) is 0 Å². The van der Waals surface area contributed by atoms with E-state index in [1.54, 1.807) is 9.80 Å². The van der Waals surface area contributed by atoms with Crippen LogP contribution in [0.5, 0.6) is 0 Å². The molecule has 1 aliphatic rings. The summed E-state index contributed by atoms with van der Waals surface area (Å²) in [5.41, 5.74) is 0.163. The smallest absolute Gasteiger partial charge is 1.00 e. The summed E-state index contributed by atoms with van der Waals surface area (Å²) in [4.78, 5) is 53.6. The topological polar surface area (TPSA) is 151 Å². The molecule has 40 heavy (non-hydrogen) atoms. The van der Waals surface area contributed by atoms with Gasteiger partial charge in [-0.15, -0.1) is 0 Å². The summed E-state index contributed by atoms with van der Waals surface area (Å²) in [5.74, 6) is -3.72. The second kappa shape index (κ2) is 16.4. The molecule has 1 fully saturated rings. The zero-order valence-electron chi connectivity index (χ0n) is 25.4. The van der Waals surface area contributed by atoms with Crippen LogP contribution in [-0.2, 0) is 23.9 Å². The molecule has 1 heterocycles. The summed E-state index contributed by atoms with van der Waals surface area (Å²) >= 11 is 0. The Kier molecular flexibility index (Phi) is 14.7. The van der Waals surface area contributed by atoms with Crippen LogP contribution in [0.4, 0.5) is 0 Å². The van der Waals surface area contributed by atoms with E-state index in [-0.39, 0.29) is 74.7 Å². The molecule has 220 valence electrons. The summed E-state index contributed by atoms with van der Waals surface area (Å²) in [6.07, 6.45) is 0. The number of carbonyl (C=O) groups excluding carboxylic acids is 2. The molecular formula is C27H43N4NaO8. The Balaban J connectivity index is 0.00000800. The third kappa shape index (κ3) is 10.7. The van der Waals surface area contributed by atoms with Crippen LogP contribution in [0.1, 0.15) is 33.8 Å². The number of rotatable bonds is 9. The van der Waals surface area contributed by atoms with Gasteiger partial charge in [-0.1, -0.05) is 30.3 Å². The van der Waals surface area contributed by atoms with E-state index in [2.05, 4.69) is 0 Å². The Labute approximate surface area is 259 Å². The molecule has 2 N–H and O–H groups in total. The van der Waals surface area contributed by atoms with Gasteiger partial charge in [0.25, 0.3) is 0 Å². The summed E-state index contributed by atoms with van der Waals surface area (Å²) < 4.78 is 5.26. The van der Waals surface area contributed by atoms with Gasteiger partial charge in [0.2, 0.25) is 0 Å². The fourth-order valence-electron chi connectivity index (χ4n) is 5.17. The van der Waals surface area contributed by atoms with E-state index in [1.165, 1.54) is 7.11 Å². The molecule has 1 aliphatic heterocycles. The number of carboxylic acid groups (broad SMARTS) is 3. The fourth-order valence-corrected chi connectivity index (χ4v) is 5.17. The molecule has 12 nitrogen and oxygen atoms in total. The van der Waals surface area contributed by atoms with Crippen LogP contribution < -0.4 is 34.7 Å². The molecule has 1 aromatic carbocycles. The summed E-state index contributed by atoms with van der Waals surface area (Å²) in [6, 6.07) is 8.35. The largest absolute Gasteiger partial charge is 1.00 e. The Morgan fingerprint density at radius 2 is 1.43 bits per heavy atom. The molecule has 13 heteroatoms. The van der Waals surface area contributed by atoms with Crippen LogP contribution >= 0.6 is 0 Å². The Hall–Kier alpha value is -2.06. The number of quaternary nitrogens is 1. The van der Waals surface area contributed by atoms with Gasteiger partial charge in [-0.05, 0) is 26.3 Å². The van der Waals surface area contributed by atoms with Gasteiger partial charge < -0.3 is 30.8 Å². The van der Waals surface area contributed by atoms with E-state index in [0.717, 1.165) is 0 Å². The number of ether oxygens (including phenoxy) is 1. The van der Waals surface area contributed by atoms with Gasteiger partial charge in [-0.25, -0.2) is 4.79 Å². The van der Waals surface area contributed by atoms with Crippen molar-refractivity contribution in [3.8, 4) is 0 Å². The molecule has 2 unspecified atom stereocenters. The first-order chi connectivity index (χ1) is 18.3. The number of hydrogen-bond acceptors (Lipinski definition) is 9. The van der Waals surface area contributed by atoms with Crippen molar-refractivity contribution in [2.45, 2.75) is 32.4 Å². The monoisotopic (exact) mass is 574 g/mol. The minimum absolute atomic E-state index is 0. The van der Waals surface area contributed by atoms with Gasteiger partial charge in [0.15, 0.2) is 0 Å². The molecule has 1 aromatic rings. The number of esters is 1. The Morgan fingerprint density at radius 3 is 1.90 bits per heavy atom. The quantitative estimate of drug-likeness (QED) is 0.172. The van der Waals surface area contributed by atoms with Crippen molar-refractivity contribution < 1.29 is 74.7 Å². The standard InChI is InChI=1S/C27H42N4O8.Na.H/c1-27(2,3)31(20-24(36)37)16-14-29(19-23(34)35)11-10-28(18-22(32)33)12-13-30(15-17-31)25(26(38)39-4)21-8-6-5-7-9-21;;/h5-9,25H,10-20H2,1-4H3,(H2-,32,33,34,35,36,37);;/q;+1;-1. The summed E-state index contributed by atoms with van der Waals surface area (Å²) in [5, 5.41) is 31.0. The molecule has 0 aliphatic carbocycles. The molecular weight excluding hydrogens is 531 g/mol. The number of carbonyl (C=O) groups is 4. The van der Waals surface area contributed by atoms with Crippen LogP contribution in [0.15, 0.2) is 30.3 Å². The average molecular weight is 575 g/mol. The maximum atomic E-state index is 13.1. The molecule has 0 amide bonds. The van der Waals surface area contributed by atoms with Crippen molar-refractivity contribution >= 4 is 23.9 Å². The number of hydrogen-bond donors (Lipinski definition) is 2. The predicted molar refractivity (Wildman–Crippen MR) is 142 cm³/mol. The number of aliphatic carboxylic acids is 3. The second-order valence-corrected chi connectivity index (χ2v) is 11.0. The number of methoxy groups -OCH3 is 1. The maximum Gasteiger partial charge on any atom is 1.00 e. The van der Waals surface area contributed by atoms with Crippen molar-refractivity contribution in [2.24, 2.45) is 0 Å². The van der Waals surface area contributed by atoms with Gasteiger partial charge in [0, 0.05) is 39.3 Å². The number of nitrogens with zero attached hydrogens (tertiary/aromatic N) is 4. The van der Waals surface area contributed by atoms with Gasteiger partial charge in [-0.2, -0.15) is 0 Å². The van der Waals surface area contributed by atoms with E-state index < -0.39 is 35.5 Å². The predicted octanol–water partition coefficient (Wildman–Crippen LogP) is -3.53. The first kappa shape index (κ1) is 36.0. The maximum absolute atomic E-state index is 13.1. The van der Waals surface area contributed by atoms with Crippen molar-refractivity contribution in [2.75, 3.05) is 79.1 Å². The molecule has 0 radical (unpaired) electrons. The number of benzene rings is 1. The van der Waals surface area contributed by atoms with Crippen LogP contribution in [0.25, 0.3) is 0 Å². The third-order valence-corrected chi connectivity index (χ3v) is 7.57. The molecule has 0 aromatic heterocycles. The average Bonchev–Trinajstić information content (AvgIpc) is 2.84. The third-order valence-electron chi connectivity index (χ3n) is 7.57. The van der Waals surface area contributed by atoms with Gasteiger partial charge in [-0.3, -0.25) is 24.3 Å². The van der Waals surface area contributed by atoms with Crippen LogP contribution in [0.3, 0.4) is 0 Å². The zero-order chi connectivity index (χ0) is 29.2. The van der Waals surface area contributed by atoms with E-state index in [1.807, 2.05) is 56.0 Å². The second-order valence-electron chi connectivity index (χ2n) is 11.0. The van der Waals surface area contributed by atoms with E-state index >= 15 is 0 Å². The van der Waals surface area contributed by atoms with Gasteiger partial charge in [0.05, 0.1) is 44.8 Å². The molecule has 2 rings (SSSR count). The van der Waals surface area contributed by atoms with Crippen LogP contribution in [-0.4, -0.2) is 138 Å². The first-order valence-electron chi connectivity index (χ1n) is 13.1. The van der Waals surface area contributed by atoms with E-state index in [9.17, 15) is 34.5 Å². The van der Waals surface area contributed by atoms with Crippen LogP contribution in [0, 0.1) is 0 Å². The number of carboxylic acids is 3. The minimum atomic E-state index is -1.21. The normalized spacial score (nSPS) is 21.2.